The molecule has 0 spiro atoms. The van der Waals surface area contributed by atoms with Gasteiger partial charge in [-0.2, -0.15) is 0 Å². The van der Waals surface area contributed by atoms with Crippen molar-refractivity contribution in [3.63, 3.8) is 0 Å². The van der Waals surface area contributed by atoms with Gasteiger partial charge in [0.25, 0.3) is 0 Å². The minimum absolute atomic E-state index is 0.00145. The van der Waals surface area contributed by atoms with Crippen molar-refractivity contribution in [3.8, 4) is 0 Å². The van der Waals surface area contributed by atoms with E-state index in [1.165, 1.54) is 38.5 Å². The molecular weight excluding hydrogens is 408 g/mol. The molecule has 3 saturated carbocycles. The predicted octanol–water partition coefficient (Wildman–Crippen LogP) is 6.25. The van der Waals surface area contributed by atoms with Crippen LogP contribution in [0.25, 0.3) is 0 Å². The van der Waals surface area contributed by atoms with Gasteiger partial charge < -0.3 is 15.3 Å². The second-order valence-corrected chi connectivity index (χ2v) is 14.7. The predicted molar refractivity (Wildman–Crippen MR) is 134 cm³/mol. The van der Waals surface area contributed by atoms with E-state index >= 15 is 0 Å². The largest absolute Gasteiger partial charge is 0.393 e. The molecule has 3 N–H and O–H groups in total. The van der Waals surface area contributed by atoms with Gasteiger partial charge in [0.15, 0.2) is 0 Å². The maximum absolute atomic E-state index is 11.3. The lowest BCUT2D eigenvalue weighted by molar-refractivity contribution is -0.0981. The molecule has 3 heteroatoms. The van der Waals surface area contributed by atoms with Crippen molar-refractivity contribution in [3.05, 3.63) is 11.1 Å². The summed E-state index contributed by atoms with van der Waals surface area (Å²) in [6, 6.07) is 0. The highest BCUT2D eigenvalue weighted by Crippen LogP contribution is 2.73. The minimum Gasteiger partial charge on any atom is -0.393 e. The minimum atomic E-state index is -0.801. The van der Waals surface area contributed by atoms with Gasteiger partial charge in [0.05, 0.1) is 17.8 Å². The van der Waals surface area contributed by atoms with Gasteiger partial charge in [-0.15, -0.1) is 0 Å². The summed E-state index contributed by atoms with van der Waals surface area (Å²) in [5, 5.41) is 32.8. The number of fused-ring (bicyclic) bond motifs is 4. The first-order chi connectivity index (χ1) is 15.2. The van der Waals surface area contributed by atoms with Crippen LogP contribution in [0.5, 0.6) is 0 Å². The smallest absolute Gasteiger partial charge is 0.0644 e. The lowest BCUT2D eigenvalue weighted by Gasteiger charge is -2.62. The Morgan fingerprint density at radius 3 is 2.12 bits per heavy atom. The Hall–Kier alpha value is -0.380. The van der Waals surface area contributed by atoms with E-state index in [2.05, 4.69) is 34.6 Å². The van der Waals surface area contributed by atoms with Gasteiger partial charge in [0.2, 0.25) is 0 Å². The maximum atomic E-state index is 11.3. The van der Waals surface area contributed by atoms with Gasteiger partial charge in [-0.3, -0.25) is 0 Å². The van der Waals surface area contributed by atoms with Crippen molar-refractivity contribution in [1.82, 2.24) is 0 Å². The quantitative estimate of drug-likeness (QED) is 0.428. The molecule has 0 aromatic rings. The maximum Gasteiger partial charge on any atom is 0.0644 e. The molecule has 5 rings (SSSR count). The third-order valence-corrected chi connectivity index (χ3v) is 12.9. The van der Waals surface area contributed by atoms with E-state index in [1.54, 1.807) is 11.1 Å². The molecule has 33 heavy (non-hydrogen) atoms. The monoisotopic (exact) mass is 458 g/mol. The van der Waals surface area contributed by atoms with Crippen molar-refractivity contribution < 1.29 is 15.3 Å². The zero-order valence-electron chi connectivity index (χ0n) is 22.4. The molecule has 0 saturated heterocycles. The molecule has 5 aliphatic carbocycles. The van der Waals surface area contributed by atoms with E-state index in [9.17, 15) is 15.3 Å². The van der Waals surface area contributed by atoms with Crippen molar-refractivity contribution in [2.24, 2.45) is 45.3 Å². The molecule has 5 aliphatic rings. The van der Waals surface area contributed by atoms with E-state index in [0.717, 1.165) is 25.7 Å². The van der Waals surface area contributed by atoms with E-state index in [4.69, 9.17) is 0 Å². The number of rotatable bonds is 2. The topological polar surface area (TPSA) is 60.7 Å². The SMILES string of the molecule is CC(C)(O)[C@@H]1CC[C@H]([C@H]2CC[C@@]3(C)C4=C(CC[C@]23C)[C@@]2(C)CC[C@H](O)C(C)(C)[C@@H]2CC4)[C@@H]1O. The fourth-order valence-corrected chi connectivity index (χ4v) is 10.6. The average Bonchev–Trinajstić information content (AvgIpc) is 3.22. The highest BCUT2D eigenvalue weighted by Gasteiger charge is 2.64. The first kappa shape index (κ1) is 24.3. The number of allylic oxidation sites excluding steroid dienone is 2. The Bertz CT molecular complexity index is 836. The third kappa shape index (κ3) is 3.10. The first-order valence-electron chi connectivity index (χ1n) is 14.0. The highest BCUT2D eigenvalue weighted by atomic mass is 16.3. The molecule has 3 nitrogen and oxygen atoms in total. The van der Waals surface area contributed by atoms with Gasteiger partial charge in [-0.25, -0.2) is 0 Å². The summed E-state index contributed by atoms with van der Waals surface area (Å²) in [7, 11) is 0. The molecule has 0 heterocycles. The summed E-state index contributed by atoms with van der Waals surface area (Å²) < 4.78 is 0. The van der Waals surface area contributed by atoms with Crippen LogP contribution in [-0.2, 0) is 0 Å². The van der Waals surface area contributed by atoms with Crippen LogP contribution >= 0.6 is 0 Å². The molecular formula is C30H50O3. The molecule has 0 aromatic heterocycles. The lowest BCUT2D eigenvalue weighted by Crippen LogP contribution is -2.55. The Morgan fingerprint density at radius 1 is 0.788 bits per heavy atom. The Balaban J connectivity index is 1.49. The fraction of sp³-hybridized carbons (Fsp3) is 0.933. The molecule has 188 valence electrons. The van der Waals surface area contributed by atoms with Gasteiger partial charge in [0.1, 0.15) is 0 Å². The van der Waals surface area contributed by atoms with Crippen molar-refractivity contribution in [1.29, 1.82) is 0 Å². The molecule has 0 bridgehead atoms. The molecule has 9 atom stereocenters. The van der Waals surface area contributed by atoms with Crippen molar-refractivity contribution in [2.45, 2.75) is 130 Å². The van der Waals surface area contributed by atoms with Gasteiger partial charge >= 0.3 is 0 Å². The Labute approximate surface area is 202 Å². The first-order valence-corrected chi connectivity index (χ1v) is 14.0. The number of aliphatic hydroxyl groups excluding tert-OH is 2. The van der Waals surface area contributed by atoms with E-state index < -0.39 is 5.60 Å². The summed E-state index contributed by atoms with van der Waals surface area (Å²) in [4.78, 5) is 0. The fourth-order valence-electron chi connectivity index (χ4n) is 10.6. The van der Waals surface area contributed by atoms with Crippen LogP contribution in [-0.4, -0.2) is 33.1 Å². The normalized spacial score (nSPS) is 51.8. The average molecular weight is 459 g/mol. The molecule has 0 amide bonds. The number of hydrogen-bond donors (Lipinski definition) is 3. The van der Waals surface area contributed by atoms with Crippen LogP contribution in [0.4, 0.5) is 0 Å². The van der Waals surface area contributed by atoms with Crippen LogP contribution in [0.1, 0.15) is 113 Å². The number of aliphatic hydroxyl groups is 3. The van der Waals surface area contributed by atoms with E-state index in [1.807, 2.05) is 13.8 Å². The summed E-state index contributed by atoms with van der Waals surface area (Å²) >= 11 is 0. The van der Waals surface area contributed by atoms with Crippen LogP contribution in [0, 0.1) is 45.3 Å². The van der Waals surface area contributed by atoms with Crippen LogP contribution in [0.3, 0.4) is 0 Å². The highest BCUT2D eigenvalue weighted by molar-refractivity contribution is 5.39. The molecule has 0 aromatic carbocycles. The summed E-state index contributed by atoms with van der Waals surface area (Å²) in [5.74, 6) is 1.45. The van der Waals surface area contributed by atoms with Crippen LogP contribution in [0.2, 0.25) is 0 Å². The molecule has 0 unspecified atom stereocenters. The zero-order valence-corrected chi connectivity index (χ0v) is 22.4. The Morgan fingerprint density at radius 2 is 1.48 bits per heavy atom. The summed E-state index contributed by atoms with van der Waals surface area (Å²) in [6.45, 7) is 16.0. The second-order valence-electron chi connectivity index (χ2n) is 14.7. The van der Waals surface area contributed by atoms with Crippen LogP contribution in [0.15, 0.2) is 11.1 Å². The van der Waals surface area contributed by atoms with Crippen molar-refractivity contribution >= 4 is 0 Å². The number of hydrogen-bond acceptors (Lipinski definition) is 3. The second kappa shape index (κ2) is 7.32. The summed E-state index contributed by atoms with van der Waals surface area (Å²) in [5.41, 5.74) is 3.43. The standard InChI is InChI=1S/C30H50O3/c1-26(2)23-11-10-21-20(28(23,5)15-14-24(26)31)13-17-29(6)19(12-16-30(21,29)7)18-8-9-22(25(18)32)27(3,4)33/h18-19,22-25,31-33H,8-17H2,1-7H3/t18-,19-,22-,23+,24+,25+,28-,29-,30+/m1/s1. The van der Waals surface area contributed by atoms with Crippen molar-refractivity contribution in [2.75, 3.05) is 0 Å². The van der Waals surface area contributed by atoms with Gasteiger partial charge in [-0.1, -0.05) is 45.8 Å². The third-order valence-electron chi connectivity index (χ3n) is 12.9. The van der Waals surface area contributed by atoms with E-state index in [0.29, 0.717) is 17.8 Å². The van der Waals surface area contributed by atoms with Gasteiger partial charge in [-0.05, 0) is 117 Å². The molecule has 0 aliphatic heterocycles. The van der Waals surface area contributed by atoms with Crippen LogP contribution < -0.4 is 0 Å². The van der Waals surface area contributed by atoms with Gasteiger partial charge in [0, 0.05) is 5.92 Å². The summed E-state index contributed by atoms with van der Waals surface area (Å²) in [6.07, 6.45) is 10.8. The zero-order chi connectivity index (χ0) is 24.2. The molecule has 3 fully saturated rings. The lowest BCUT2D eigenvalue weighted by atomic mass is 9.43. The van der Waals surface area contributed by atoms with E-state index in [-0.39, 0.29) is 39.8 Å². The molecule has 0 radical (unpaired) electrons. The Kier molecular flexibility index (Phi) is 5.40.